The number of hydrogen-bond donors (Lipinski definition) is 0. The molecule has 0 aliphatic carbocycles. The van der Waals surface area contributed by atoms with Gasteiger partial charge in [-0.3, -0.25) is 0 Å². The van der Waals surface area contributed by atoms with Crippen molar-refractivity contribution in [3.05, 3.63) is 157 Å². The van der Waals surface area contributed by atoms with E-state index in [1.54, 1.807) is 0 Å². The Morgan fingerprint density at radius 1 is 0.311 bits per heavy atom. The average Bonchev–Trinajstić information content (AvgIpc) is 3.76. The molecular weight excluding hydrogens is 544 g/mol. The summed E-state index contributed by atoms with van der Waals surface area (Å²) in [6, 6.07) is -22.4. The zero-order valence-electron chi connectivity index (χ0n) is 48.4. The lowest BCUT2D eigenvalue weighted by Gasteiger charge is -2.18. The van der Waals surface area contributed by atoms with Crippen molar-refractivity contribution < 1.29 is 40.1 Å². The molecule has 1 heteroatoms. The SMILES string of the molecule is [2H]c1c(-c2c3c([2H])c([2H])c([2H])c([2H])c3c(-c3c([2H])c([2H])c4c([2H])c([2H])c5c([2H])c([2H])c([2H])c([2H])c5c4c3[2H])c3c([2H])c([2H])c([2H])c([2H])c23)c([2H])c2c(oc3c([2H])c4c([2H])c([2H])c([2H])c([2H])c4c([2H])c32)c1[2H]. The Morgan fingerprint density at radius 2 is 0.756 bits per heavy atom. The van der Waals surface area contributed by atoms with E-state index in [9.17, 15) is 15.1 Å². The van der Waals surface area contributed by atoms with Gasteiger partial charge in [-0.2, -0.15) is 0 Å². The minimum absolute atomic E-state index is 0.434. The fourth-order valence-corrected chi connectivity index (χ4v) is 5.64. The maximum atomic E-state index is 9.82. The van der Waals surface area contributed by atoms with Gasteiger partial charge in [-0.1, -0.05) is 127 Å². The summed E-state index contributed by atoms with van der Waals surface area (Å²) < 4.78 is 240. The Labute approximate surface area is 296 Å². The Morgan fingerprint density at radius 3 is 1.40 bits per heavy atom. The number of furan rings is 1. The molecule has 0 amide bonds. The third kappa shape index (κ3) is 3.62. The van der Waals surface area contributed by atoms with Gasteiger partial charge in [0, 0.05) is 10.8 Å². The van der Waals surface area contributed by atoms with Crippen molar-refractivity contribution in [1.29, 1.82) is 0 Å². The number of hydrogen-bond acceptors (Lipinski definition) is 1. The van der Waals surface area contributed by atoms with Crippen LogP contribution in [0.4, 0.5) is 0 Å². The van der Waals surface area contributed by atoms with Crippen molar-refractivity contribution >= 4 is 75.8 Å². The van der Waals surface area contributed by atoms with Gasteiger partial charge in [-0.05, 0) is 106 Å². The van der Waals surface area contributed by atoms with Crippen LogP contribution in [0, 0.1) is 0 Å². The Kier molecular flexibility index (Phi) is 2.13. The van der Waals surface area contributed by atoms with Crippen LogP contribution in [0.1, 0.15) is 35.6 Å². The minimum Gasteiger partial charge on any atom is -0.456 e. The van der Waals surface area contributed by atoms with Gasteiger partial charge >= 0.3 is 0 Å². The molecule has 1 aromatic heterocycles. The van der Waals surface area contributed by atoms with E-state index in [4.69, 9.17) is 25.0 Å². The van der Waals surface area contributed by atoms with Gasteiger partial charge in [-0.15, -0.1) is 0 Å². The van der Waals surface area contributed by atoms with Gasteiger partial charge < -0.3 is 4.42 Å². The van der Waals surface area contributed by atoms with Crippen LogP contribution in [0.25, 0.3) is 98.1 Å². The molecule has 0 atom stereocenters. The van der Waals surface area contributed by atoms with E-state index in [1.165, 1.54) is 0 Å². The first-order chi connectivity index (χ1) is 33.2. The third-order valence-corrected chi connectivity index (χ3v) is 7.57. The second-order valence-corrected chi connectivity index (χ2v) is 10.0. The van der Waals surface area contributed by atoms with Gasteiger partial charge in [-0.25, -0.2) is 0 Å². The summed E-state index contributed by atoms with van der Waals surface area (Å²) in [4.78, 5) is 0. The second-order valence-electron chi connectivity index (χ2n) is 10.0. The Balaban J connectivity index is 1.52. The predicted octanol–water partition coefficient (Wildman–Crippen LogP) is 12.7. The molecule has 10 rings (SSSR count). The normalized spacial score (nSPS) is 20.1. The topological polar surface area (TPSA) is 13.1 Å². The smallest absolute Gasteiger partial charge is 0.136 e. The van der Waals surface area contributed by atoms with Crippen LogP contribution >= 0.6 is 0 Å². The highest BCUT2D eigenvalue weighted by atomic mass is 16.3. The summed E-state index contributed by atoms with van der Waals surface area (Å²) in [6.07, 6.45) is 0. The monoisotopic (exact) mass is 596 g/mol. The summed E-state index contributed by atoms with van der Waals surface area (Å²) in [5.41, 5.74) is -4.04. The molecule has 9 aromatic carbocycles. The molecule has 0 unspecified atom stereocenters. The molecule has 0 spiro atoms. The van der Waals surface area contributed by atoms with Crippen molar-refractivity contribution in [3.8, 4) is 22.3 Å². The molecule has 45 heavy (non-hydrogen) atoms. The lowest BCUT2D eigenvalue weighted by molar-refractivity contribution is 0.669. The summed E-state index contributed by atoms with van der Waals surface area (Å²) >= 11 is 0. The largest absolute Gasteiger partial charge is 0.456 e. The molecule has 0 radical (unpaired) electrons. The number of rotatable bonds is 2. The van der Waals surface area contributed by atoms with Crippen LogP contribution in [-0.2, 0) is 0 Å². The fourth-order valence-electron chi connectivity index (χ4n) is 5.64. The van der Waals surface area contributed by atoms with E-state index >= 15 is 0 Å². The standard InChI is InChI=1S/C44H26O/c1-2-11-30-26-42-40(23-29(30)10-1)39-25-32(21-22-41(39)45-42)44-36-15-7-5-13-34(36)43(35-14-6-8-16-37(35)44)31-20-19-28-18-17-27-9-3-4-12-33(27)38(28)24-31/h1-26H/i1D,2D,3D,4D,5D,6D,7D,8D,9D,10D,11D,12D,13D,14D,15D,16D,17D,18D,19D,20D,21D,22D,23D,24D,25D,26D. The molecule has 0 fully saturated rings. The molecule has 0 saturated heterocycles. The number of fused-ring (bicyclic) bond motifs is 9. The first-order valence-corrected chi connectivity index (χ1v) is 13.4. The molecule has 0 N–H and O–H groups in total. The fraction of sp³-hybridized carbons (Fsp3) is 0. The van der Waals surface area contributed by atoms with Crippen LogP contribution in [0.5, 0.6) is 0 Å². The zero-order valence-corrected chi connectivity index (χ0v) is 22.4. The molecule has 0 aliphatic rings. The van der Waals surface area contributed by atoms with Gasteiger partial charge in [0.25, 0.3) is 0 Å². The number of benzene rings is 9. The van der Waals surface area contributed by atoms with Crippen molar-refractivity contribution in [2.75, 3.05) is 0 Å². The summed E-state index contributed by atoms with van der Waals surface area (Å²) in [5.74, 6) is 0. The van der Waals surface area contributed by atoms with E-state index in [0.29, 0.717) is 0 Å². The average molecular weight is 597 g/mol. The van der Waals surface area contributed by atoms with Crippen LogP contribution < -0.4 is 0 Å². The molecule has 0 saturated carbocycles. The van der Waals surface area contributed by atoms with E-state index in [2.05, 4.69) is 0 Å². The van der Waals surface area contributed by atoms with E-state index in [0.717, 1.165) is 0 Å². The van der Waals surface area contributed by atoms with Crippen LogP contribution in [-0.4, -0.2) is 0 Å². The molecule has 1 nitrogen and oxygen atoms in total. The quantitative estimate of drug-likeness (QED) is 0.143. The van der Waals surface area contributed by atoms with Gasteiger partial charge in [0.15, 0.2) is 0 Å². The third-order valence-electron chi connectivity index (χ3n) is 7.57. The second kappa shape index (κ2) is 9.29. The first kappa shape index (κ1) is 10.3. The minimum atomic E-state index is -0.979. The van der Waals surface area contributed by atoms with Gasteiger partial charge in [0.1, 0.15) is 11.2 Å². The van der Waals surface area contributed by atoms with Crippen molar-refractivity contribution in [3.63, 3.8) is 0 Å². The lowest BCUT2D eigenvalue weighted by atomic mass is 9.85. The van der Waals surface area contributed by atoms with E-state index in [1.807, 2.05) is 0 Å². The highest BCUT2D eigenvalue weighted by Gasteiger charge is 2.18. The van der Waals surface area contributed by atoms with Gasteiger partial charge in [0.05, 0.1) is 35.6 Å². The molecule has 0 aliphatic heterocycles. The van der Waals surface area contributed by atoms with Gasteiger partial charge in [0.2, 0.25) is 0 Å². The Hall–Kier alpha value is -5.92. The Bertz CT molecular complexity index is 4210. The van der Waals surface area contributed by atoms with E-state index < -0.39 is 255 Å². The summed E-state index contributed by atoms with van der Waals surface area (Å²) in [7, 11) is 0. The summed E-state index contributed by atoms with van der Waals surface area (Å²) in [5, 5.41) is -6.91. The van der Waals surface area contributed by atoms with Crippen molar-refractivity contribution in [2.45, 2.75) is 0 Å². The van der Waals surface area contributed by atoms with Crippen molar-refractivity contribution in [1.82, 2.24) is 0 Å². The highest BCUT2D eigenvalue weighted by Crippen LogP contribution is 2.45. The molecule has 0 bridgehead atoms. The highest BCUT2D eigenvalue weighted by molar-refractivity contribution is 6.23. The molecule has 1 heterocycles. The van der Waals surface area contributed by atoms with E-state index in [-0.39, 0.29) is 0 Å². The maximum Gasteiger partial charge on any atom is 0.136 e. The van der Waals surface area contributed by atoms with Crippen LogP contribution in [0.2, 0.25) is 0 Å². The first-order valence-electron chi connectivity index (χ1n) is 26.4. The van der Waals surface area contributed by atoms with Crippen LogP contribution in [0.3, 0.4) is 0 Å². The molecule has 10 aromatic rings. The van der Waals surface area contributed by atoms with Crippen molar-refractivity contribution in [2.24, 2.45) is 0 Å². The zero-order chi connectivity index (χ0) is 52.1. The van der Waals surface area contributed by atoms with Crippen LogP contribution in [0.15, 0.2) is 162 Å². The summed E-state index contributed by atoms with van der Waals surface area (Å²) in [6.45, 7) is 0. The predicted molar refractivity (Wildman–Crippen MR) is 192 cm³/mol. The molecular formula is C44H26O. The lowest BCUT2D eigenvalue weighted by Crippen LogP contribution is -1.91. The maximum absolute atomic E-state index is 9.82. The molecule has 208 valence electrons.